The maximum Gasteiger partial charge on any atom is 0.245 e. The number of para-hydroxylation sites is 1. The average molecular weight is 267 g/mol. The van der Waals surface area contributed by atoms with Gasteiger partial charge in [0.15, 0.2) is 9.84 Å². The summed E-state index contributed by atoms with van der Waals surface area (Å²) < 4.78 is 23.0. The van der Waals surface area contributed by atoms with E-state index < -0.39 is 15.1 Å². The molecule has 1 atom stereocenters. The first-order valence-electron chi connectivity index (χ1n) is 5.99. The van der Waals surface area contributed by atoms with E-state index in [0.717, 1.165) is 30.3 Å². The molecule has 2 rings (SSSR count). The molecule has 4 nitrogen and oxygen atoms in total. The van der Waals surface area contributed by atoms with Crippen LogP contribution in [-0.2, 0) is 21.1 Å². The average Bonchev–Trinajstić information content (AvgIpc) is 2.35. The number of amides is 1. The van der Waals surface area contributed by atoms with Crippen molar-refractivity contribution in [2.75, 3.05) is 17.7 Å². The van der Waals surface area contributed by atoms with Crippen molar-refractivity contribution in [1.82, 2.24) is 0 Å². The fourth-order valence-corrected chi connectivity index (χ4v) is 2.66. The third-order valence-corrected chi connectivity index (χ3v) is 4.85. The van der Waals surface area contributed by atoms with Gasteiger partial charge >= 0.3 is 0 Å². The zero-order valence-corrected chi connectivity index (χ0v) is 11.4. The largest absolute Gasteiger partial charge is 0.311 e. The van der Waals surface area contributed by atoms with E-state index in [4.69, 9.17) is 0 Å². The van der Waals surface area contributed by atoms with Crippen LogP contribution < -0.4 is 4.90 Å². The lowest BCUT2D eigenvalue weighted by molar-refractivity contribution is -0.118. The molecule has 98 valence electrons. The van der Waals surface area contributed by atoms with Crippen molar-refractivity contribution in [3.05, 3.63) is 29.8 Å². The number of hydrogen-bond donors (Lipinski definition) is 0. The Balaban J connectivity index is 2.34. The zero-order valence-electron chi connectivity index (χ0n) is 10.6. The topological polar surface area (TPSA) is 54.5 Å². The number of hydrogen-bond acceptors (Lipinski definition) is 3. The van der Waals surface area contributed by atoms with Crippen LogP contribution in [-0.4, -0.2) is 32.4 Å². The molecule has 5 heteroatoms. The van der Waals surface area contributed by atoms with Crippen LogP contribution in [0.4, 0.5) is 5.69 Å². The Morgan fingerprint density at radius 2 is 2.00 bits per heavy atom. The monoisotopic (exact) mass is 267 g/mol. The molecule has 1 aliphatic rings. The van der Waals surface area contributed by atoms with Gasteiger partial charge in [0.1, 0.15) is 5.25 Å². The van der Waals surface area contributed by atoms with Gasteiger partial charge < -0.3 is 4.90 Å². The van der Waals surface area contributed by atoms with Gasteiger partial charge in [-0.3, -0.25) is 4.79 Å². The molecule has 0 saturated heterocycles. The molecule has 0 aliphatic carbocycles. The van der Waals surface area contributed by atoms with E-state index in [-0.39, 0.29) is 5.91 Å². The summed E-state index contributed by atoms with van der Waals surface area (Å²) in [5.41, 5.74) is 1.96. The molecule has 0 bridgehead atoms. The van der Waals surface area contributed by atoms with Gasteiger partial charge in [0, 0.05) is 18.5 Å². The van der Waals surface area contributed by atoms with Crippen molar-refractivity contribution in [2.45, 2.75) is 25.0 Å². The maximum atomic E-state index is 12.3. The standard InChI is InChI=1S/C13H17NO3S/c1-10(18(2,16)17)13(15)14-9-5-7-11-6-3-4-8-12(11)14/h3-4,6,8,10H,5,7,9H2,1-2H3/t10-/m1/s1. The van der Waals surface area contributed by atoms with E-state index in [1.165, 1.54) is 6.92 Å². The summed E-state index contributed by atoms with van der Waals surface area (Å²) in [6, 6.07) is 7.67. The number of nitrogens with zero attached hydrogens (tertiary/aromatic N) is 1. The molecule has 0 N–H and O–H groups in total. The lowest BCUT2D eigenvalue weighted by atomic mass is 10.0. The molecule has 18 heavy (non-hydrogen) atoms. The maximum absolute atomic E-state index is 12.3. The lowest BCUT2D eigenvalue weighted by Crippen LogP contribution is -2.43. The van der Waals surface area contributed by atoms with Gasteiger partial charge in [-0.05, 0) is 31.4 Å². The Hall–Kier alpha value is -1.36. The minimum Gasteiger partial charge on any atom is -0.311 e. The van der Waals surface area contributed by atoms with Gasteiger partial charge in [-0.15, -0.1) is 0 Å². The molecule has 1 amide bonds. The van der Waals surface area contributed by atoms with Gasteiger partial charge in [-0.2, -0.15) is 0 Å². The molecule has 0 saturated carbocycles. The van der Waals surface area contributed by atoms with Gasteiger partial charge in [0.05, 0.1) is 0 Å². The summed E-state index contributed by atoms with van der Waals surface area (Å²) in [6.07, 6.45) is 2.91. The highest BCUT2D eigenvalue weighted by molar-refractivity contribution is 7.92. The number of anilines is 1. The Bertz CT molecular complexity index is 565. The number of carbonyl (C=O) groups excluding carboxylic acids is 1. The van der Waals surface area contributed by atoms with Crippen LogP contribution in [0.3, 0.4) is 0 Å². The van der Waals surface area contributed by atoms with Crippen LogP contribution in [0.2, 0.25) is 0 Å². The van der Waals surface area contributed by atoms with Crippen LogP contribution >= 0.6 is 0 Å². The molecule has 1 aromatic rings. The third-order valence-electron chi connectivity index (χ3n) is 3.37. The highest BCUT2D eigenvalue weighted by Crippen LogP contribution is 2.27. The molecule has 1 aromatic carbocycles. The second-order valence-corrected chi connectivity index (χ2v) is 7.06. The summed E-state index contributed by atoms with van der Waals surface area (Å²) >= 11 is 0. The molecule has 0 radical (unpaired) electrons. The van der Waals surface area contributed by atoms with Gasteiger partial charge in [0.2, 0.25) is 5.91 Å². The van der Waals surface area contributed by atoms with E-state index in [0.29, 0.717) is 6.54 Å². The molecular weight excluding hydrogens is 250 g/mol. The number of aryl methyl sites for hydroxylation is 1. The predicted octanol–water partition coefficient (Wildman–Crippen LogP) is 1.40. The SMILES string of the molecule is C[C@H](C(=O)N1CCCc2ccccc21)S(C)(=O)=O. The fraction of sp³-hybridized carbons (Fsp3) is 0.462. The molecule has 0 fully saturated rings. The third kappa shape index (κ3) is 2.41. The van der Waals surface area contributed by atoms with Crippen LogP contribution in [0.15, 0.2) is 24.3 Å². The van der Waals surface area contributed by atoms with E-state index in [1.54, 1.807) is 4.90 Å². The smallest absolute Gasteiger partial charge is 0.245 e. The fourth-order valence-electron chi connectivity index (χ4n) is 2.17. The summed E-state index contributed by atoms with van der Waals surface area (Å²) in [7, 11) is -3.35. The Kier molecular flexibility index (Phi) is 3.43. The normalized spacial score (nSPS) is 17.1. The van der Waals surface area contributed by atoms with E-state index in [2.05, 4.69) is 0 Å². The highest BCUT2D eigenvalue weighted by Gasteiger charge is 2.31. The quantitative estimate of drug-likeness (QED) is 0.814. The second-order valence-electron chi connectivity index (χ2n) is 4.69. The Morgan fingerprint density at radius 1 is 1.33 bits per heavy atom. The lowest BCUT2D eigenvalue weighted by Gasteiger charge is -2.31. The van der Waals surface area contributed by atoms with E-state index in [1.807, 2.05) is 24.3 Å². The van der Waals surface area contributed by atoms with Gasteiger partial charge in [-0.1, -0.05) is 18.2 Å². The molecule has 0 unspecified atom stereocenters. The first-order chi connectivity index (χ1) is 8.41. The van der Waals surface area contributed by atoms with Gasteiger partial charge in [0.25, 0.3) is 0 Å². The summed E-state index contributed by atoms with van der Waals surface area (Å²) in [5, 5.41) is -0.983. The Labute approximate surface area is 108 Å². The minimum absolute atomic E-state index is 0.329. The van der Waals surface area contributed by atoms with Crippen molar-refractivity contribution in [2.24, 2.45) is 0 Å². The molecule has 1 heterocycles. The highest BCUT2D eigenvalue weighted by atomic mass is 32.2. The number of fused-ring (bicyclic) bond motifs is 1. The van der Waals surface area contributed by atoms with Crippen LogP contribution in [0, 0.1) is 0 Å². The van der Waals surface area contributed by atoms with Crippen molar-refractivity contribution in [3.63, 3.8) is 0 Å². The van der Waals surface area contributed by atoms with Crippen molar-refractivity contribution >= 4 is 21.4 Å². The van der Waals surface area contributed by atoms with E-state index in [9.17, 15) is 13.2 Å². The Morgan fingerprint density at radius 3 is 2.67 bits per heavy atom. The summed E-state index contributed by atoms with van der Waals surface area (Å²) in [6.45, 7) is 2.05. The van der Waals surface area contributed by atoms with Crippen LogP contribution in [0.25, 0.3) is 0 Å². The molecule has 1 aliphatic heterocycles. The van der Waals surface area contributed by atoms with Crippen molar-refractivity contribution in [1.29, 1.82) is 0 Å². The second kappa shape index (κ2) is 4.72. The molecule has 0 aromatic heterocycles. The zero-order chi connectivity index (χ0) is 13.3. The van der Waals surface area contributed by atoms with Crippen LogP contribution in [0.1, 0.15) is 18.9 Å². The summed E-state index contributed by atoms with van der Waals surface area (Å²) in [5.74, 6) is -0.329. The van der Waals surface area contributed by atoms with Crippen molar-refractivity contribution in [3.8, 4) is 0 Å². The first kappa shape index (κ1) is 13.1. The first-order valence-corrected chi connectivity index (χ1v) is 7.95. The molecular formula is C13H17NO3S. The van der Waals surface area contributed by atoms with Gasteiger partial charge in [-0.25, -0.2) is 8.42 Å². The predicted molar refractivity (Wildman–Crippen MR) is 71.4 cm³/mol. The summed E-state index contributed by atoms with van der Waals surface area (Å²) in [4.78, 5) is 13.9. The van der Waals surface area contributed by atoms with Crippen molar-refractivity contribution < 1.29 is 13.2 Å². The molecule has 0 spiro atoms. The number of carbonyl (C=O) groups is 1. The number of sulfone groups is 1. The number of benzene rings is 1. The number of rotatable bonds is 2. The minimum atomic E-state index is -3.35. The van der Waals surface area contributed by atoms with E-state index >= 15 is 0 Å². The van der Waals surface area contributed by atoms with Crippen LogP contribution in [0.5, 0.6) is 0 Å².